The summed E-state index contributed by atoms with van der Waals surface area (Å²) in [6, 6.07) is 14.6. The summed E-state index contributed by atoms with van der Waals surface area (Å²) in [4.78, 5) is 14.5. The van der Waals surface area contributed by atoms with Gasteiger partial charge in [-0.15, -0.1) is 0 Å². The lowest BCUT2D eigenvalue weighted by molar-refractivity contribution is 0.0817. The van der Waals surface area contributed by atoms with E-state index in [1.54, 1.807) is 17.0 Å². The summed E-state index contributed by atoms with van der Waals surface area (Å²) in [5.41, 5.74) is 2.62. The Balaban J connectivity index is 1.73. The number of nitrogens with one attached hydrogen (secondary N) is 1. The summed E-state index contributed by atoms with van der Waals surface area (Å²) >= 11 is 0. The summed E-state index contributed by atoms with van der Waals surface area (Å²) in [6.45, 7) is 3.60. The molecule has 1 unspecified atom stereocenters. The molecule has 1 saturated heterocycles. The van der Waals surface area contributed by atoms with Crippen LogP contribution in [0.15, 0.2) is 48.5 Å². The molecule has 1 aliphatic rings. The number of urea groups is 1. The second-order valence-electron chi connectivity index (χ2n) is 6.44. The molecule has 5 nitrogen and oxygen atoms in total. The number of benzene rings is 2. The van der Waals surface area contributed by atoms with Gasteiger partial charge in [0, 0.05) is 24.4 Å². The summed E-state index contributed by atoms with van der Waals surface area (Å²) in [7, 11) is 0. The third-order valence-corrected chi connectivity index (χ3v) is 4.39. The number of hydrogen-bond acceptors (Lipinski definition) is 3. The van der Waals surface area contributed by atoms with Gasteiger partial charge in [0.2, 0.25) is 0 Å². The van der Waals surface area contributed by atoms with Crippen LogP contribution >= 0.6 is 0 Å². The topological polar surface area (TPSA) is 61.8 Å². The Kier molecular flexibility index (Phi) is 5.56. The molecule has 3 rings (SSSR count). The Morgan fingerprint density at radius 1 is 1.24 bits per heavy atom. The van der Waals surface area contributed by atoms with E-state index in [-0.39, 0.29) is 17.9 Å². The SMILES string of the molecule is Cc1ccc(NC(=O)N(Cc2ccccc2O)CC2CCCO2)cc1. The summed E-state index contributed by atoms with van der Waals surface area (Å²) in [5, 5.41) is 13.0. The van der Waals surface area contributed by atoms with Crippen LogP contribution in [0.4, 0.5) is 10.5 Å². The number of carbonyl (C=O) groups is 1. The lowest BCUT2D eigenvalue weighted by atomic mass is 10.1. The monoisotopic (exact) mass is 340 g/mol. The lowest BCUT2D eigenvalue weighted by Gasteiger charge is -2.26. The van der Waals surface area contributed by atoms with Crippen LogP contribution in [0.5, 0.6) is 5.75 Å². The van der Waals surface area contributed by atoms with Gasteiger partial charge in [-0.05, 0) is 38.0 Å². The molecule has 1 heterocycles. The number of nitrogens with zero attached hydrogens (tertiary/aromatic N) is 1. The van der Waals surface area contributed by atoms with Gasteiger partial charge in [-0.25, -0.2) is 4.79 Å². The van der Waals surface area contributed by atoms with E-state index in [4.69, 9.17) is 4.74 Å². The van der Waals surface area contributed by atoms with Gasteiger partial charge in [-0.1, -0.05) is 35.9 Å². The first kappa shape index (κ1) is 17.3. The highest BCUT2D eigenvalue weighted by Crippen LogP contribution is 2.21. The highest BCUT2D eigenvalue weighted by molar-refractivity contribution is 5.89. The third-order valence-electron chi connectivity index (χ3n) is 4.39. The molecule has 0 aromatic heterocycles. The highest BCUT2D eigenvalue weighted by Gasteiger charge is 2.23. The smallest absolute Gasteiger partial charge is 0.322 e. The van der Waals surface area contributed by atoms with E-state index in [2.05, 4.69) is 5.32 Å². The Labute approximate surface area is 148 Å². The Bertz CT molecular complexity index is 709. The van der Waals surface area contributed by atoms with E-state index in [0.29, 0.717) is 13.1 Å². The summed E-state index contributed by atoms with van der Waals surface area (Å²) in [5.74, 6) is 0.197. The van der Waals surface area contributed by atoms with E-state index < -0.39 is 0 Å². The number of rotatable bonds is 5. The highest BCUT2D eigenvalue weighted by atomic mass is 16.5. The molecule has 0 radical (unpaired) electrons. The predicted molar refractivity (Wildman–Crippen MR) is 97.7 cm³/mol. The van der Waals surface area contributed by atoms with Crippen LogP contribution in [0.25, 0.3) is 0 Å². The molecule has 1 fully saturated rings. The number of phenols is 1. The molecule has 0 aliphatic carbocycles. The first-order valence-corrected chi connectivity index (χ1v) is 8.63. The van der Waals surface area contributed by atoms with Crippen LogP contribution < -0.4 is 5.32 Å². The quantitative estimate of drug-likeness (QED) is 0.867. The van der Waals surface area contributed by atoms with Crippen molar-refractivity contribution >= 4 is 11.7 Å². The fourth-order valence-electron chi connectivity index (χ4n) is 2.94. The molecule has 132 valence electrons. The van der Waals surface area contributed by atoms with Crippen molar-refractivity contribution in [1.82, 2.24) is 4.90 Å². The zero-order valence-corrected chi connectivity index (χ0v) is 14.4. The fraction of sp³-hybridized carbons (Fsp3) is 0.350. The first-order valence-electron chi connectivity index (χ1n) is 8.63. The van der Waals surface area contributed by atoms with E-state index in [9.17, 15) is 9.90 Å². The average molecular weight is 340 g/mol. The summed E-state index contributed by atoms with van der Waals surface area (Å²) < 4.78 is 5.68. The number of hydrogen-bond donors (Lipinski definition) is 2. The van der Waals surface area contributed by atoms with Gasteiger partial charge in [-0.2, -0.15) is 0 Å². The molecule has 5 heteroatoms. The molecule has 2 aromatic carbocycles. The number of ether oxygens (including phenoxy) is 1. The number of anilines is 1. The number of para-hydroxylation sites is 1. The van der Waals surface area contributed by atoms with Crippen molar-refractivity contribution in [2.24, 2.45) is 0 Å². The van der Waals surface area contributed by atoms with E-state index >= 15 is 0 Å². The zero-order chi connectivity index (χ0) is 17.6. The molecule has 1 atom stereocenters. The second kappa shape index (κ2) is 8.03. The predicted octanol–water partition coefficient (Wildman–Crippen LogP) is 3.91. The molecule has 2 aromatic rings. The standard InChI is InChI=1S/C20H24N2O3/c1-15-8-10-17(11-9-15)21-20(24)22(14-18-6-4-12-25-18)13-16-5-2-3-7-19(16)23/h2-3,5,7-11,18,23H,4,6,12-14H2,1H3,(H,21,24). The number of amides is 2. The van der Waals surface area contributed by atoms with Crippen molar-refractivity contribution in [2.75, 3.05) is 18.5 Å². The maximum absolute atomic E-state index is 12.8. The van der Waals surface area contributed by atoms with E-state index in [1.165, 1.54) is 0 Å². The molecule has 25 heavy (non-hydrogen) atoms. The molecule has 2 N–H and O–H groups in total. The van der Waals surface area contributed by atoms with Gasteiger partial charge in [0.05, 0.1) is 12.6 Å². The number of carbonyl (C=O) groups excluding carboxylic acids is 1. The second-order valence-corrected chi connectivity index (χ2v) is 6.44. The fourth-order valence-corrected chi connectivity index (χ4v) is 2.94. The number of phenolic OH excluding ortho intramolecular Hbond substituents is 1. The van der Waals surface area contributed by atoms with Gasteiger partial charge in [0.15, 0.2) is 0 Å². The zero-order valence-electron chi connectivity index (χ0n) is 14.4. The maximum atomic E-state index is 12.8. The average Bonchev–Trinajstić information content (AvgIpc) is 3.11. The minimum absolute atomic E-state index is 0.0506. The minimum Gasteiger partial charge on any atom is -0.508 e. The van der Waals surface area contributed by atoms with Gasteiger partial charge < -0.3 is 20.1 Å². The van der Waals surface area contributed by atoms with Crippen LogP contribution in [-0.2, 0) is 11.3 Å². The van der Waals surface area contributed by atoms with Crippen molar-refractivity contribution in [2.45, 2.75) is 32.4 Å². The molecule has 2 amide bonds. The molecule has 0 saturated carbocycles. The van der Waals surface area contributed by atoms with Gasteiger partial charge in [0.25, 0.3) is 0 Å². The molecule has 1 aliphatic heterocycles. The van der Waals surface area contributed by atoms with Gasteiger partial charge in [0.1, 0.15) is 5.75 Å². The molecule has 0 spiro atoms. The van der Waals surface area contributed by atoms with Crippen molar-refractivity contribution in [3.63, 3.8) is 0 Å². The largest absolute Gasteiger partial charge is 0.508 e. The minimum atomic E-state index is -0.192. The van der Waals surface area contributed by atoms with Crippen molar-refractivity contribution < 1.29 is 14.6 Å². The summed E-state index contributed by atoms with van der Waals surface area (Å²) in [6.07, 6.45) is 2.03. The van der Waals surface area contributed by atoms with Crippen molar-refractivity contribution in [3.05, 3.63) is 59.7 Å². The first-order chi connectivity index (χ1) is 12.1. The van der Waals surface area contributed by atoms with Crippen LogP contribution in [-0.4, -0.2) is 35.3 Å². The molecular weight excluding hydrogens is 316 g/mol. The third kappa shape index (κ3) is 4.73. The lowest BCUT2D eigenvalue weighted by Crippen LogP contribution is -2.39. The van der Waals surface area contributed by atoms with E-state index in [0.717, 1.165) is 36.3 Å². The van der Waals surface area contributed by atoms with Crippen molar-refractivity contribution in [1.29, 1.82) is 0 Å². The van der Waals surface area contributed by atoms with Crippen molar-refractivity contribution in [3.8, 4) is 5.75 Å². The van der Waals surface area contributed by atoms with Crippen LogP contribution in [0.1, 0.15) is 24.0 Å². The van der Waals surface area contributed by atoms with Gasteiger partial charge in [-0.3, -0.25) is 0 Å². The van der Waals surface area contributed by atoms with Gasteiger partial charge >= 0.3 is 6.03 Å². The van der Waals surface area contributed by atoms with E-state index in [1.807, 2.05) is 43.3 Å². The Morgan fingerprint density at radius 3 is 2.68 bits per heavy atom. The van der Waals surface area contributed by atoms with Crippen LogP contribution in [0.2, 0.25) is 0 Å². The maximum Gasteiger partial charge on any atom is 0.322 e. The van der Waals surface area contributed by atoms with Crippen LogP contribution in [0.3, 0.4) is 0 Å². The molecule has 0 bridgehead atoms. The van der Waals surface area contributed by atoms with Crippen LogP contribution in [0, 0.1) is 6.92 Å². The number of aromatic hydroxyl groups is 1. The normalized spacial score (nSPS) is 16.6. The Morgan fingerprint density at radius 2 is 2.00 bits per heavy atom. The number of aryl methyl sites for hydroxylation is 1. The Hall–Kier alpha value is -2.53. The molecular formula is C20H24N2O3.